The van der Waals surface area contributed by atoms with Gasteiger partial charge in [0.05, 0.1) is 18.7 Å². The molecule has 0 N–H and O–H groups in total. The van der Waals surface area contributed by atoms with E-state index in [0.717, 1.165) is 23.2 Å². The largest absolute Gasteiger partial charge is 0.493 e. The first-order chi connectivity index (χ1) is 11.9. The Kier molecular flexibility index (Phi) is 6.32. The quantitative estimate of drug-likeness (QED) is 0.724. The summed E-state index contributed by atoms with van der Waals surface area (Å²) in [6.45, 7) is 6.56. The van der Waals surface area contributed by atoms with Crippen LogP contribution in [-0.2, 0) is 0 Å². The van der Waals surface area contributed by atoms with Gasteiger partial charge >= 0.3 is 0 Å². The van der Waals surface area contributed by atoms with E-state index in [0.29, 0.717) is 28.7 Å². The summed E-state index contributed by atoms with van der Waals surface area (Å²) in [6, 6.07) is 9.31. The van der Waals surface area contributed by atoms with Crippen molar-refractivity contribution in [2.45, 2.75) is 27.2 Å². The highest BCUT2D eigenvalue weighted by Crippen LogP contribution is 2.37. The number of anilines is 1. The molecule has 0 saturated heterocycles. The molecule has 0 aromatic heterocycles. The third kappa shape index (κ3) is 4.45. The number of hydrogen-bond acceptors (Lipinski definition) is 3. The van der Waals surface area contributed by atoms with Crippen LogP contribution in [-0.4, -0.2) is 26.7 Å². The van der Waals surface area contributed by atoms with Gasteiger partial charge in [0.25, 0.3) is 5.91 Å². The molecule has 5 heteroatoms. The molecule has 1 amide bonds. The molecule has 25 heavy (non-hydrogen) atoms. The minimum atomic E-state index is -0.160. The Morgan fingerprint density at radius 3 is 2.32 bits per heavy atom. The van der Waals surface area contributed by atoms with Crippen LogP contribution in [0, 0.1) is 13.8 Å². The predicted molar refractivity (Wildman–Crippen MR) is 102 cm³/mol. The highest BCUT2D eigenvalue weighted by atomic mass is 35.5. The van der Waals surface area contributed by atoms with E-state index in [1.165, 1.54) is 7.11 Å². The molecule has 0 bridgehead atoms. The lowest BCUT2D eigenvalue weighted by Crippen LogP contribution is -2.26. The van der Waals surface area contributed by atoms with Crippen LogP contribution in [0.3, 0.4) is 0 Å². The lowest BCUT2D eigenvalue weighted by molar-refractivity contribution is 0.0992. The molecule has 0 saturated carbocycles. The Hall–Kier alpha value is -2.20. The second-order valence-electron chi connectivity index (χ2n) is 6.05. The van der Waals surface area contributed by atoms with Gasteiger partial charge < -0.3 is 14.4 Å². The van der Waals surface area contributed by atoms with Gasteiger partial charge in [0.1, 0.15) is 0 Å². The van der Waals surface area contributed by atoms with Gasteiger partial charge in [-0.1, -0.05) is 24.6 Å². The van der Waals surface area contributed by atoms with Crippen molar-refractivity contribution in [2.75, 3.05) is 25.7 Å². The molecule has 0 atom stereocenters. The summed E-state index contributed by atoms with van der Waals surface area (Å²) in [4.78, 5) is 14.5. The predicted octanol–water partition coefficient (Wildman–Crippen LogP) is 5.03. The highest BCUT2D eigenvalue weighted by molar-refractivity contribution is 6.32. The van der Waals surface area contributed by atoms with Gasteiger partial charge in [-0.2, -0.15) is 0 Å². The number of amides is 1. The summed E-state index contributed by atoms with van der Waals surface area (Å²) in [7, 11) is 3.28. The van der Waals surface area contributed by atoms with E-state index in [1.807, 2.05) is 32.9 Å². The third-order valence-electron chi connectivity index (χ3n) is 3.83. The van der Waals surface area contributed by atoms with Gasteiger partial charge in [-0.05, 0) is 55.7 Å². The molecule has 2 aromatic carbocycles. The topological polar surface area (TPSA) is 38.8 Å². The molecule has 0 aliphatic heterocycles. The number of nitrogens with zero attached hydrogens (tertiary/aromatic N) is 1. The van der Waals surface area contributed by atoms with Crippen molar-refractivity contribution in [2.24, 2.45) is 0 Å². The molecule has 134 valence electrons. The Morgan fingerprint density at radius 1 is 1.12 bits per heavy atom. The van der Waals surface area contributed by atoms with Gasteiger partial charge in [-0.15, -0.1) is 0 Å². The molecule has 0 aliphatic carbocycles. The van der Waals surface area contributed by atoms with Gasteiger partial charge in [-0.25, -0.2) is 0 Å². The molecule has 0 spiro atoms. The summed E-state index contributed by atoms with van der Waals surface area (Å²) in [5.41, 5.74) is 3.50. The van der Waals surface area contributed by atoms with Crippen LogP contribution in [0.15, 0.2) is 30.3 Å². The average molecular weight is 362 g/mol. The Labute approximate surface area is 154 Å². The van der Waals surface area contributed by atoms with Crippen molar-refractivity contribution < 1.29 is 14.3 Å². The first kappa shape index (κ1) is 19.1. The van der Waals surface area contributed by atoms with Gasteiger partial charge in [-0.3, -0.25) is 4.79 Å². The lowest BCUT2D eigenvalue weighted by atomic mass is 10.1. The molecule has 4 nitrogen and oxygen atoms in total. The van der Waals surface area contributed by atoms with Crippen molar-refractivity contribution in [1.82, 2.24) is 0 Å². The van der Waals surface area contributed by atoms with Gasteiger partial charge in [0.2, 0.25) is 0 Å². The molecule has 2 aromatic rings. The fourth-order valence-corrected chi connectivity index (χ4v) is 2.91. The molecule has 0 unspecified atom stereocenters. The zero-order chi connectivity index (χ0) is 18.6. The van der Waals surface area contributed by atoms with E-state index in [2.05, 4.69) is 6.07 Å². The van der Waals surface area contributed by atoms with Crippen LogP contribution in [0.5, 0.6) is 11.5 Å². The normalized spacial score (nSPS) is 10.5. The maximum atomic E-state index is 12.9. The maximum absolute atomic E-state index is 12.9. The molecular formula is C20H24ClNO3. The minimum Gasteiger partial charge on any atom is -0.493 e. The summed E-state index contributed by atoms with van der Waals surface area (Å²) in [5.74, 6) is 0.766. The van der Waals surface area contributed by atoms with E-state index in [-0.39, 0.29) is 5.91 Å². The third-order valence-corrected chi connectivity index (χ3v) is 4.11. The van der Waals surface area contributed by atoms with Crippen molar-refractivity contribution in [3.05, 3.63) is 52.0 Å². The number of carbonyl (C=O) groups is 1. The first-order valence-corrected chi connectivity index (χ1v) is 8.61. The monoisotopic (exact) mass is 361 g/mol. The Morgan fingerprint density at radius 2 is 1.76 bits per heavy atom. The van der Waals surface area contributed by atoms with Crippen molar-refractivity contribution in [3.8, 4) is 11.5 Å². The number of ether oxygens (including phenoxy) is 2. The van der Waals surface area contributed by atoms with Gasteiger partial charge in [0.15, 0.2) is 11.5 Å². The summed E-state index contributed by atoms with van der Waals surface area (Å²) in [5, 5.41) is 0.366. The Bertz CT molecular complexity index is 754. The highest BCUT2D eigenvalue weighted by Gasteiger charge is 2.19. The van der Waals surface area contributed by atoms with E-state index < -0.39 is 0 Å². The zero-order valence-corrected chi connectivity index (χ0v) is 16.1. The Balaban J connectivity index is 2.36. The van der Waals surface area contributed by atoms with Crippen LogP contribution >= 0.6 is 11.6 Å². The van der Waals surface area contributed by atoms with Crippen molar-refractivity contribution in [1.29, 1.82) is 0 Å². The average Bonchev–Trinajstić information content (AvgIpc) is 2.57. The molecule has 0 radical (unpaired) electrons. The number of halogens is 1. The smallest absolute Gasteiger partial charge is 0.258 e. The van der Waals surface area contributed by atoms with E-state index in [4.69, 9.17) is 21.1 Å². The van der Waals surface area contributed by atoms with Crippen molar-refractivity contribution >= 4 is 23.2 Å². The van der Waals surface area contributed by atoms with Crippen LogP contribution in [0.2, 0.25) is 5.02 Å². The summed E-state index contributed by atoms with van der Waals surface area (Å²) < 4.78 is 11.0. The number of methoxy groups -OCH3 is 1. The second-order valence-corrected chi connectivity index (χ2v) is 6.46. The number of hydrogen-bond donors (Lipinski definition) is 0. The lowest BCUT2D eigenvalue weighted by Gasteiger charge is -2.20. The maximum Gasteiger partial charge on any atom is 0.258 e. The van der Waals surface area contributed by atoms with E-state index in [9.17, 15) is 4.79 Å². The van der Waals surface area contributed by atoms with Crippen LogP contribution in [0.25, 0.3) is 0 Å². The van der Waals surface area contributed by atoms with Gasteiger partial charge in [0, 0.05) is 18.3 Å². The number of aryl methyl sites for hydroxylation is 2. The van der Waals surface area contributed by atoms with Crippen LogP contribution in [0.4, 0.5) is 5.69 Å². The fraction of sp³-hybridized carbons (Fsp3) is 0.350. The van der Waals surface area contributed by atoms with Crippen LogP contribution in [0.1, 0.15) is 34.8 Å². The minimum absolute atomic E-state index is 0.160. The molecular weight excluding hydrogens is 338 g/mol. The zero-order valence-electron chi connectivity index (χ0n) is 15.4. The molecule has 0 aliphatic rings. The van der Waals surface area contributed by atoms with E-state index in [1.54, 1.807) is 24.1 Å². The number of benzene rings is 2. The first-order valence-electron chi connectivity index (χ1n) is 8.24. The molecule has 2 rings (SSSR count). The molecule has 0 fully saturated rings. The van der Waals surface area contributed by atoms with Crippen molar-refractivity contribution in [3.63, 3.8) is 0 Å². The standard InChI is InChI=1S/C20H24ClNO3/c1-6-7-25-19-17(21)11-15(12-18(19)24-5)20(23)22(4)16-9-13(2)8-14(3)10-16/h8-12H,6-7H2,1-5H3. The van der Waals surface area contributed by atoms with Crippen LogP contribution < -0.4 is 14.4 Å². The van der Waals surface area contributed by atoms with E-state index >= 15 is 0 Å². The summed E-state index contributed by atoms with van der Waals surface area (Å²) >= 11 is 6.32. The SMILES string of the molecule is CCCOc1c(Cl)cc(C(=O)N(C)c2cc(C)cc(C)c2)cc1OC. The fourth-order valence-electron chi connectivity index (χ4n) is 2.64. The second kappa shape index (κ2) is 8.26. The summed E-state index contributed by atoms with van der Waals surface area (Å²) in [6.07, 6.45) is 0.857. The number of rotatable bonds is 6. The molecule has 0 heterocycles. The number of carbonyl (C=O) groups excluding carboxylic acids is 1.